The summed E-state index contributed by atoms with van der Waals surface area (Å²) >= 11 is 0. The lowest BCUT2D eigenvalue weighted by Gasteiger charge is -2.48. The average Bonchev–Trinajstić information content (AvgIpc) is 2.32. The molecule has 0 spiro atoms. The van der Waals surface area contributed by atoms with Crippen LogP contribution in [0.15, 0.2) is 12.7 Å². The van der Waals surface area contributed by atoms with E-state index in [2.05, 4.69) is 17.6 Å². The summed E-state index contributed by atoms with van der Waals surface area (Å²) in [6, 6.07) is 0. The molecule has 1 nitrogen and oxygen atoms in total. The maximum absolute atomic E-state index is 3.97. The number of likely N-dealkylation sites (tertiary alicyclic amines) is 1. The van der Waals surface area contributed by atoms with Crippen LogP contribution in [-0.4, -0.2) is 23.5 Å². The highest BCUT2D eigenvalue weighted by Gasteiger charge is 2.36. The molecule has 2 rings (SSSR count). The number of nitrogens with zero attached hydrogens (tertiary/aromatic N) is 1. The summed E-state index contributed by atoms with van der Waals surface area (Å²) in [6.45, 7) is 6.65. The summed E-state index contributed by atoms with van der Waals surface area (Å²) in [5.41, 5.74) is 0.514. The van der Waals surface area contributed by atoms with Crippen molar-refractivity contribution in [3.05, 3.63) is 12.7 Å². The number of hydrogen-bond donors (Lipinski definition) is 0. The van der Waals surface area contributed by atoms with Gasteiger partial charge in [-0.2, -0.15) is 0 Å². The van der Waals surface area contributed by atoms with Crippen molar-refractivity contribution in [2.45, 2.75) is 63.3 Å². The summed E-state index contributed by atoms with van der Waals surface area (Å²) in [5.74, 6) is 0. The van der Waals surface area contributed by atoms with Crippen molar-refractivity contribution in [2.75, 3.05) is 13.1 Å². The van der Waals surface area contributed by atoms with E-state index in [4.69, 9.17) is 0 Å². The molecular formula is C14H25N. The molecule has 0 amide bonds. The van der Waals surface area contributed by atoms with Crippen LogP contribution in [0.1, 0.15) is 57.8 Å². The lowest BCUT2D eigenvalue weighted by molar-refractivity contribution is 0.0357. The molecule has 0 bridgehead atoms. The largest absolute Gasteiger partial charge is 0.297 e. The highest BCUT2D eigenvalue weighted by molar-refractivity contribution is 4.98. The highest BCUT2D eigenvalue weighted by Crippen LogP contribution is 2.38. The van der Waals surface area contributed by atoms with E-state index in [1.807, 2.05) is 0 Å². The molecule has 0 aromatic carbocycles. The third-order valence-electron chi connectivity index (χ3n) is 4.34. The van der Waals surface area contributed by atoms with Crippen molar-refractivity contribution in [3.8, 4) is 0 Å². The zero-order valence-electron chi connectivity index (χ0n) is 10.0. The number of hydrogen-bond acceptors (Lipinski definition) is 1. The van der Waals surface area contributed by atoms with Crippen LogP contribution in [0.4, 0.5) is 0 Å². The minimum Gasteiger partial charge on any atom is -0.297 e. The smallest absolute Gasteiger partial charge is 0.0243 e. The maximum Gasteiger partial charge on any atom is 0.0243 e. The van der Waals surface area contributed by atoms with E-state index in [9.17, 15) is 0 Å². The average molecular weight is 207 g/mol. The normalized spacial score (nSPS) is 27.5. The Balaban J connectivity index is 2.04. The van der Waals surface area contributed by atoms with Gasteiger partial charge in [0, 0.05) is 5.54 Å². The highest BCUT2D eigenvalue weighted by atomic mass is 15.2. The minimum atomic E-state index is 0.514. The topological polar surface area (TPSA) is 3.24 Å². The molecule has 0 radical (unpaired) electrons. The standard InChI is InChI=1S/C14H25N/c1-2-9-14(10-5-3-6-11-14)15-12-7-4-8-13-15/h2H,1,3-13H2. The molecule has 1 heterocycles. The van der Waals surface area contributed by atoms with Crippen LogP contribution in [0.2, 0.25) is 0 Å². The van der Waals surface area contributed by atoms with E-state index in [-0.39, 0.29) is 0 Å². The van der Waals surface area contributed by atoms with Crippen LogP contribution < -0.4 is 0 Å². The van der Waals surface area contributed by atoms with Gasteiger partial charge in [0.25, 0.3) is 0 Å². The van der Waals surface area contributed by atoms with Gasteiger partial charge in [0.1, 0.15) is 0 Å². The molecule has 2 fully saturated rings. The quantitative estimate of drug-likeness (QED) is 0.637. The molecule has 0 aromatic rings. The Hall–Kier alpha value is -0.300. The van der Waals surface area contributed by atoms with Gasteiger partial charge in [0.05, 0.1) is 0 Å². The van der Waals surface area contributed by atoms with E-state index < -0.39 is 0 Å². The van der Waals surface area contributed by atoms with Gasteiger partial charge in [-0.25, -0.2) is 0 Å². The van der Waals surface area contributed by atoms with Crippen LogP contribution in [0.3, 0.4) is 0 Å². The molecule has 2 aliphatic rings. The fourth-order valence-electron chi connectivity index (χ4n) is 3.50. The third kappa shape index (κ3) is 2.44. The molecule has 1 saturated heterocycles. The Kier molecular flexibility index (Phi) is 3.85. The van der Waals surface area contributed by atoms with E-state index in [0.717, 1.165) is 0 Å². The molecule has 0 atom stereocenters. The molecule has 1 saturated carbocycles. The fraction of sp³-hybridized carbons (Fsp3) is 0.857. The molecular weight excluding hydrogens is 182 g/mol. The predicted molar refractivity (Wildman–Crippen MR) is 66.1 cm³/mol. The first kappa shape index (κ1) is 11.2. The number of rotatable bonds is 3. The zero-order chi connectivity index (χ0) is 10.6. The van der Waals surface area contributed by atoms with E-state index >= 15 is 0 Å². The van der Waals surface area contributed by atoms with Crippen molar-refractivity contribution in [1.29, 1.82) is 0 Å². The maximum atomic E-state index is 3.97. The summed E-state index contributed by atoms with van der Waals surface area (Å²) in [7, 11) is 0. The summed E-state index contributed by atoms with van der Waals surface area (Å²) < 4.78 is 0. The molecule has 0 N–H and O–H groups in total. The zero-order valence-corrected chi connectivity index (χ0v) is 10.0. The lowest BCUT2D eigenvalue weighted by Crippen LogP contribution is -2.51. The fourth-order valence-corrected chi connectivity index (χ4v) is 3.50. The van der Waals surface area contributed by atoms with Crippen molar-refractivity contribution in [1.82, 2.24) is 4.90 Å². The second-order valence-corrected chi connectivity index (χ2v) is 5.33. The third-order valence-corrected chi connectivity index (χ3v) is 4.34. The van der Waals surface area contributed by atoms with Gasteiger partial charge >= 0.3 is 0 Å². The monoisotopic (exact) mass is 207 g/mol. The Bertz CT molecular complexity index is 197. The molecule has 0 aromatic heterocycles. The molecule has 0 unspecified atom stereocenters. The first-order chi connectivity index (χ1) is 7.37. The Labute approximate surface area is 94.5 Å². The van der Waals surface area contributed by atoms with Gasteiger partial charge in [0.15, 0.2) is 0 Å². The van der Waals surface area contributed by atoms with Gasteiger partial charge in [0.2, 0.25) is 0 Å². The van der Waals surface area contributed by atoms with E-state index in [0.29, 0.717) is 5.54 Å². The minimum absolute atomic E-state index is 0.514. The van der Waals surface area contributed by atoms with Gasteiger partial charge in [-0.15, -0.1) is 6.58 Å². The van der Waals surface area contributed by atoms with Crippen LogP contribution >= 0.6 is 0 Å². The molecule has 1 aliphatic heterocycles. The van der Waals surface area contributed by atoms with E-state index in [1.165, 1.54) is 70.9 Å². The molecule has 86 valence electrons. The van der Waals surface area contributed by atoms with Gasteiger partial charge in [-0.1, -0.05) is 31.8 Å². The Morgan fingerprint density at radius 2 is 1.53 bits per heavy atom. The van der Waals surface area contributed by atoms with Crippen LogP contribution in [0, 0.1) is 0 Å². The predicted octanol–water partition coefficient (Wildman–Crippen LogP) is 3.75. The summed E-state index contributed by atoms with van der Waals surface area (Å²) in [6.07, 6.45) is 14.8. The van der Waals surface area contributed by atoms with Crippen molar-refractivity contribution in [3.63, 3.8) is 0 Å². The van der Waals surface area contributed by atoms with Gasteiger partial charge in [-0.3, -0.25) is 4.90 Å². The first-order valence-corrected chi connectivity index (χ1v) is 6.73. The van der Waals surface area contributed by atoms with Crippen LogP contribution in [0.5, 0.6) is 0 Å². The van der Waals surface area contributed by atoms with E-state index in [1.54, 1.807) is 0 Å². The number of piperidine rings is 1. The van der Waals surface area contributed by atoms with Crippen molar-refractivity contribution < 1.29 is 0 Å². The van der Waals surface area contributed by atoms with Crippen molar-refractivity contribution >= 4 is 0 Å². The molecule has 1 heteroatoms. The Morgan fingerprint density at radius 3 is 2.13 bits per heavy atom. The van der Waals surface area contributed by atoms with Crippen LogP contribution in [-0.2, 0) is 0 Å². The summed E-state index contributed by atoms with van der Waals surface area (Å²) in [5, 5.41) is 0. The van der Waals surface area contributed by atoms with Gasteiger partial charge < -0.3 is 0 Å². The second-order valence-electron chi connectivity index (χ2n) is 5.33. The van der Waals surface area contributed by atoms with Crippen molar-refractivity contribution in [2.24, 2.45) is 0 Å². The van der Waals surface area contributed by atoms with Gasteiger partial charge in [-0.05, 0) is 45.2 Å². The Morgan fingerprint density at radius 1 is 0.933 bits per heavy atom. The molecule has 1 aliphatic carbocycles. The first-order valence-electron chi connectivity index (χ1n) is 6.73. The molecule has 15 heavy (non-hydrogen) atoms. The van der Waals surface area contributed by atoms with Crippen LogP contribution in [0.25, 0.3) is 0 Å². The summed E-state index contributed by atoms with van der Waals surface area (Å²) in [4.78, 5) is 2.79. The SMILES string of the molecule is C=CCC1(N2CCCCC2)CCCCC1. The lowest BCUT2D eigenvalue weighted by atomic mass is 9.77. The second kappa shape index (κ2) is 5.16.